The van der Waals surface area contributed by atoms with Gasteiger partial charge in [-0.25, -0.2) is 0 Å². The van der Waals surface area contributed by atoms with Crippen LogP contribution in [0.4, 0.5) is 0 Å². The Morgan fingerprint density at radius 2 is 2.00 bits per heavy atom. The first kappa shape index (κ1) is 17.0. The van der Waals surface area contributed by atoms with Gasteiger partial charge in [-0.15, -0.1) is 11.3 Å². The number of benzene rings is 1. The summed E-state index contributed by atoms with van der Waals surface area (Å²) in [5.41, 5.74) is 0.823. The number of amides is 2. The van der Waals surface area contributed by atoms with Gasteiger partial charge in [0.2, 0.25) is 0 Å². The fourth-order valence-electron chi connectivity index (χ4n) is 1.90. The Morgan fingerprint density at radius 1 is 1.22 bits per heavy atom. The van der Waals surface area contributed by atoms with Crippen LogP contribution < -0.4 is 15.4 Å². The summed E-state index contributed by atoms with van der Waals surface area (Å²) in [5, 5.41) is 16.6. The third kappa shape index (κ3) is 5.08. The number of hydrogen-bond donors (Lipinski definition) is 3. The molecule has 0 fully saturated rings. The van der Waals surface area contributed by atoms with Crippen LogP contribution in [0.25, 0.3) is 0 Å². The lowest BCUT2D eigenvalue weighted by molar-refractivity contribution is -0.139. The lowest BCUT2D eigenvalue weighted by Gasteiger charge is -2.10. The molecule has 0 aliphatic heterocycles. The van der Waals surface area contributed by atoms with E-state index in [1.54, 1.807) is 31.4 Å². The zero-order valence-electron chi connectivity index (χ0n) is 12.6. The van der Waals surface area contributed by atoms with Gasteiger partial charge in [-0.05, 0) is 29.1 Å². The second kappa shape index (κ2) is 8.30. The predicted octanol–water partition coefficient (Wildman–Crippen LogP) is 1.22. The first-order valence-electron chi connectivity index (χ1n) is 7.00. The van der Waals surface area contributed by atoms with Crippen molar-refractivity contribution in [2.75, 3.05) is 13.7 Å². The summed E-state index contributed by atoms with van der Waals surface area (Å²) in [6, 6.07) is 10.8. The van der Waals surface area contributed by atoms with Crippen LogP contribution >= 0.6 is 11.3 Å². The topological polar surface area (TPSA) is 87.7 Å². The van der Waals surface area contributed by atoms with Crippen LogP contribution in [0.1, 0.15) is 16.5 Å². The summed E-state index contributed by atoms with van der Waals surface area (Å²) in [4.78, 5) is 24.2. The Hall–Kier alpha value is -2.38. The van der Waals surface area contributed by atoms with Crippen molar-refractivity contribution >= 4 is 23.2 Å². The van der Waals surface area contributed by atoms with E-state index in [0.717, 1.165) is 10.4 Å². The third-order valence-electron chi connectivity index (χ3n) is 3.12. The van der Waals surface area contributed by atoms with E-state index < -0.39 is 17.9 Å². The molecular formula is C16H18N2O4S. The van der Waals surface area contributed by atoms with Crippen molar-refractivity contribution in [3.05, 3.63) is 52.2 Å². The van der Waals surface area contributed by atoms with Crippen molar-refractivity contribution in [3.63, 3.8) is 0 Å². The molecular weight excluding hydrogens is 316 g/mol. The second-order valence-corrected chi connectivity index (χ2v) is 5.75. The fraction of sp³-hybridized carbons (Fsp3) is 0.250. The molecule has 1 aromatic carbocycles. The van der Waals surface area contributed by atoms with E-state index in [-0.39, 0.29) is 13.1 Å². The highest BCUT2D eigenvalue weighted by molar-refractivity contribution is 7.10. The van der Waals surface area contributed by atoms with Crippen molar-refractivity contribution in [2.45, 2.75) is 12.6 Å². The van der Waals surface area contributed by atoms with Crippen LogP contribution in [0.2, 0.25) is 0 Å². The Morgan fingerprint density at radius 3 is 2.70 bits per heavy atom. The summed E-state index contributed by atoms with van der Waals surface area (Å²) >= 11 is 1.39. The molecule has 0 bridgehead atoms. The van der Waals surface area contributed by atoms with Gasteiger partial charge >= 0.3 is 11.8 Å². The molecule has 1 aromatic heterocycles. The minimum absolute atomic E-state index is 0.00801. The van der Waals surface area contributed by atoms with E-state index in [4.69, 9.17) is 4.74 Å². The van der Waals surface area contributed by atoms with Crippen molar-refractivity contribution in [3.8, 4) is 5.75 Å². The molecule has 0 saturated carbocycles. The van der Waals surface area contributed by atoms with E-state index in [9.17, 15) is 14.7 Å². The Labute approximate surface area is 138 Å². The molecule has 0 spiro atoms. The molecule has 7 heteroatoms. The van der Waals surface area contributed by atoms with Crippen LogP contribution in [0.5, 0.6) is 5.75 Å². The molecule has 1 atom stereocenters. The Balaban J connectivity index is 1.77. The molecule has 122 valence electrons. The molecule has 1 heterocycles. The number of thiophene rings is 1. The highest BCUT2D eigenvalue weighted by Gasteiger charge is 2.15. The van der Waals surface area contributed by atoms with Crippen LogP contribution in [0.3, 0.4) is 0 Å². The largest absolute Gasteiger partial charge is 0.497 e. The minimum Gasteiger partial charge on any atom is -0.497 e. The second-order valence-electron chi connectivity index (χ2n) is 4.78. The van der Waals surface area contributed by atoms with E-state index >= 15 is 0 Å². The molecule has 0 radical (unpaired) electrons. The average molecular weight is 334 g/mol. The van der Waals surface area contributed by atoms with E-state index in [2.05, 4.69) is 10.6 Å². The van der Waals surface area contributed by atoms with Crippen molar-refractivity contribution in [2.24, 2.45) is 0 Å². The van der Waals surface area contributed by atoms with Crippen LogP contribution in [-0.2, 0) is 16.1 Å². The number of ether oxygens (including phenoxy) is 1. The normalized spacial score (nSPS) is 11.6. The first-order valence-corrected chi connectivity index (χ1v) is 7.88. The molecule has 0 aliphatic rings. The quantitative estimate of drug-likeness (QED) is 0.693. The maximum atomic E-state index is 11.7. The van der Waals surface area contributed by atoms with Crippen LogP contribution in [0, 0.1) is 0 Å². The summed E-state index contributed by atoms with van der Waals surface area (Å²) in [6.45, 7) is 0.211. The van der Waals surface area contributed by atoms with Crippen molar-refractivity contribution < 1.29 is 19.4 Å². The Kier molecular flexibility index (Phi) is 6.13. The van der Waals surface area contributed by atoms with Gasteiger partial charge in [-0.3, -0.25) is 9.59 Å². The predicted molar refractivity (Wildman–Crippen MR) is 87.1 cm³/mol. The summed E-state index contributed by atoms with van der Waals surface area (Å²) < 4.78 is 5.09. The molecule has 0 aliphatic carbocycles. The van der Waals surface area contributed by atoms with Crippen molar-refractivity contribution in [1.29, 1.82) is 0 Å². The monoisotopic (exact) mass is 334 g/mol. The minimum atomic E-state index is -0.815. The number of nitrogens with one attached hydrogen (secondary N) is 2. The highest BCUT2D eigenvalue weighted by Crippen LogP contribution is 2.17. The van der Waals surface area contributed by atoms with E-state index in [1.807, 2.05) is 17.5 Å². The lowest BCUT2D eigenvalue weighted by atomic mass is 10.2. The number of rotatable bonds is 6. The van der Waals surface area contributed by atoms with E-state index in [1.165, 1.54) is 11.3 Å². The maximum absolute atomic E-state index is 11.7. The molecule has 2 amide bonds. The molecule has 1 unspecified atom stereocenters. The number of aliphatic hydroxyl groups excluding tert-OH is 1. The van der Waals surface area contributed by atoms with Crippen LogP contribution in [0.15, 0.2) is 41.8 Å². The van der Waals surface area contributed by atoms with Gasteiger partial charge in [0, 0.05) is 18.0 Å². The van der Waals surface area contributed by atoms with Crippen molar-refractivity contribution in [1.82, 2.24) is 10.6 Å². The molecule has 6 nitrogen and oxygen atoms in total. The van der Waals surface area contributed by atoms with E-state index in [0.29, 0.717) is 5.75 Å². The molecule has 2 rings (SSSR count). The zero-order valence-corrected chi connectivity index (χ0v) is 13.4. The van der Waals surface area contributed by atoms with Crippen LogP contribution in [-0.4, -0.2) is 30.6 Å². The standard InChI is InChI=1S/C16H18N2O4S/c1-22-12-5-2-4-11(8-12)9-17-15(20)16(21)18-10-13(19)14-6-3-7-23-14/h2-8,13,19H,9-10H2,1H3,(H,17,20)(H,18,21). The molecule has 3 N–H and O–H groups in total. The number of carbonyl (C=O) groups excluding carboxylic acids is 2. The van der Waals surface area contributed by atoms with Gasteiger partial charge < -0.3 is 20.5 Å². The summed E-state index contributed by atoms with van der Waals surface area (Å²) in [5.74, 6) is -0.838. The first-order chi connectivity index (χ1) is 11.1. The number of carbonyl (C=O) groups is 2. The molecule has 23 heavy (non-hydrogen) atoms. The molecule has 2 aromatic rings. The van der Waals surface area contributed by atoms with Gasteiger partial charge in [0.05, 0.1) is 7.11 Å². The van der Waals surface area contributed by atoms with Gasteiger partial charge in [0.1, 0.15) is 11.9 Å². The summed E-state index contributed by atoms with van der Waals surface area (Å²) in [7, 11) is 1.56. The van der Waals surface area contributed by atoms with Gasteiger partial charge in [-0.1, -0.05) is 18.2 Å². The summed E-state index contributed by atoms with van der Waals surface area (Å²) in [6.07, 6.45) is -0.815. The Bertz CT molecular complexity index is 658. The zero-order chi connectivity index (χ0) is 16.7. The number of hydrogen-bond acceptors (Lipinski definition) is 5. The third-order valence-corrected chi connectivity index (χ3v) is 4.09. The molecule has 0 saturated heterocycles. The lowest BCUT2D eigenvalue weighted by Crippen LogP contribution is -2.41. The number of aliphatic hydroxyl groups is 1. The number of methoxy groups -OCH3 is 1. The van der Waals surface area contributed by atoms with Gasteiger partial charge in [-0.2, -0.15) is 0 Å². The van der Waals surface area contributed by atoms with Gasteiger partial charge in [0.25, 0.3) is 0 Å². The fourth-order valence-corrected chi connectivity index (χ4v) is 2.61. The average Bonchev–Trinajstić information content (AvgIpc) is 3.12. The maximum Gasteiger partial charge on any atom is 0.309 e. The SMILES string of the molecule is COc1cccc(CNC(=O)C(=O)NCC(O)c2cccs2)c1. The highest BCUT2D eigenvalue weighted by atomic mass is 32.1. The van der Waals surface area contributed by atoms with Gasteiger partial charge in [0.15, 0.2) is 0 Å². The smallest absolute Gasteiger partial charge is 0.309 e.